The highest BCUT2D eigenvalue weighted by atomic mass is 16.5. The number of hydrogen-bond acceptors (Lipinski definition) is 4. The molecule has 0 aliphatic rings. The molecule has 0 saturated heterocycles. The van der Waals surface area contributed by atoms with Crippen molar-refractivity contribution in [3.8, 4) is 5.75 Å². The molecule has 5 heteroatoms. The molecule has 0 aliphatic carbocycles. The molecule has 0 aliphatic heterocycles. The molecule has 0 saturated carbocycles. The molecule has 0 unspecified atom stereocenters. The van der Waals surface area contributed by atoms with Gasteiger partial charge in [0.1, 0.15) is 5.75 Å². The second-order valence-electron chi connectivity index (χ2n) is 6.91. The van der Waals surface area contributed by atoms with Crippen LogP contribution in [-0.2, 0) is 14.9 Å². The monoisotopic (exact) mass is 355 g/mol. The number of nitrogens with one attached hydrogen (secondary N) is 1. The maximum Gasteiger partial charge on any atom is 0.338 e. The number of esters is 1. The van der Waals surface area contributed by atoms with Crippen molar-refractivity contribution in [2.75, 3.05) is 18.5 Å². The Labute approximate surface area is 154 Å². The molecule has 2 aromatic rings. The van der Waals surface area contributed by atoms with E-state index >= 15 is 0 Å². The van der Waals surface area contributed by atoms with Crippen molar-refractivity contribution >= 4 is 17.6 Å². The summed E-state index contributed by atoms with van der Waals surface area (Å²) >= 11 is 0. The number of amides is 1. The number of benzene rings is 2. The molecular formula is C21H25NO4. The molecule has 2 rings (SSSR count). The largest absolute Gasteiger partial charge is 0.494 e. The van der Waals surface area contributed by atoms with Gasteiger partial charge in [0.05, 0.1) is 12.2 Å². The summed E-state index contributed by atoms with van der Waals surface area (Å²) in [6.07, 6.45) is 0. The molecule has 1 N–H and O–H groups in total. The van der Waals surface area contributed by atoms with Crippen molar-refractivity contribution in [2.45, 2.75) is 33.1 Å². The summed E-state index contributed by atoms with van der Waals surface area (Å²) in [5.41, 5.74) is 2.27. The van der Waals surface area contributed by atoms with E-state index in [1.165, 1.54) is 5.56 Å². The lowest BCUT2D eigenvalue weighted by Crippen LogP contribution is -2.21. The molecule has 0 spiro atoms. The topological polar surface area (TPSA) is 64.6 Å². The summed E-state index contributed by atoms with van der Waals surface area (Å²) in [5, 5.41) is 2.72. The molecule has 0 aromatic heterocycles. The highest BCUT2D eigenvalue weighted by Gasteiger charge is 2.14. The molecule has 1 amide bonds. The van der Waals surface area contributed by atoms with Crippen LogP contribution in [0.15, 0.2) is 48.5 Å². The van der Waals surface area contributed by atoms with Crippen molar-refractivity contribution < 1.29 is 19.1 Å². The predicted octanol–water partition coefficient (Wildman–Crippen LogP) is 4.18. The van der Waals surface area contributed by atoms with Gasteiger partial charge in [-0.3, -0.25) is 4.79 Å². The van der Waals surface area contributed by atoms with E-state index in [0.717, 1.165) is 0 Å². The Kier molecular flexibility index (Phi) is 6.39. The van der Waals surface area contributed by atoms with Crippen LogP contribution in [-0.4, -0.2) is 25.1 Å². The minimum Gasteiger partial charge on any atom is -0.494 e. The van der Waals surface area contributed by atoms with E-state index in [0.29, 0.717) is 23.6 Å². The van der Waals surface area contributed by atoms with E-state index in [-0.39, 0.29) is 17.9 Å². The third kappa shape index (κ3) is 5.62. The fraction of sp³-hybridized carbons (Fsp3) is 0.333. The zero-order valence-corrected chi connectivity index (χ0v) is 15.7. The first-order chi connectivity index (χ1) is 12.3. The van der Waals surface area contributed by atoms with Crippen molar-refractivity contribution in [1.29, 1.82) is 0 Å². The van der Waals surface area contributed by atoms with E-state index in [4.69, 9.17) is 9.47 Å². The van der Waals surface area contributed by atoms with Crippen molar-refractivity contribution in [3.05, 3.63) is 59.7 Å². The molecular weight excluding hydrogens is 330 g/mol. The Morgan fingerprint density at radius 2 is 1.58 bits per heavy atom. The number of anilines is 1. The van der Waals surface area contributed by atoms with E-state index < -0.39 is 5.97 Å². The summed E-state index contributed by atoms with van der Waals surface area (Å²) in [6.45, 7) is 8.48. The van der Waals surface area contributed by atoms with Gasteiger partial charge in [0.2, 0.25) is 0 Å². The maximum absolute atomic E-state index is 12.0. The highest BCUT2D eigenvalue weighted by molar-refractivity contribution is 5.95. The SMILES string of the molecule is CCOc1ccc(C(=O)OCC(=O)Nc2ccc(C(C)(C)C)cc2)cc1. The smallest absolute Gasteiger partial charge is 0.338 e. The second kappa shape index (κ2) is 8.52. The van der Waals surface area contributed by atoms with Gasteiger partial charge in [0.15, 0.2) is 6.61 Å². The minimum absolute atomic E-state index is 0.0514. The minimum atomic E-state index is -0.550. The van der Waals surface area contributed by atoms with Crippen molar-refractivity contribution in [1.82, 2.24) is 0 Å². The number of rotatable bonds is 6. The van der Waals surface area contributed by atoms with Crippen LogP contribution in [0, 0.1) is 0 Å². The molecule has 0 atom stereocenters. The first-order valence-corrected chi connectivity index (χ1v) is 8.60. The summed E-state index contributed by atoms with van der Waals surface area (Å²) in [7, 11) is 0. The van der Waals surface area contributed by atoms with E-state index in [2.05, 4.69) is 26.1 Å². The van der Waals surface area contributed by atoms with Crippen LogP contribution in [0.1, 0.15) is 43.6 Å². The normalized spacial score (nSPS) is 10.9. The summed E-state index contributed by atoms with van der Waals surface area (Å²) in [6, 6.07) is 14.2. The highest BCUT2D eigenvalue weighted by Crippen LogP contribution is 2.23. The van der Waals surface area contributed by atoms with Crippen LogP contribution in [0.2, 0.25) is 0 Å². The van der Waals surface area contributed by atoms with Gasteiger partial charge in [-0.2, -0.15) is 0 Å². The van der Waals surface area contributed by atoms with Crippen LogP contribution >= 0.6 is 0 Å². The van der Waals surface area contributed by atoms with Crippen molar-refractivity contribution in [2.24, 2.45) is 0 Å². The average Bonchev–Trinajstić information content (AvgIpc) is 2.60. The Bertz CT molecular complexity index is 743. The standard InChI is InChI=1S/C21H25NO4/c1-5-25-18-12-6-15(7-13-18)20(24)26-14-19(23)22-17-10-8-16(9-11-17)21(2,3)4/h6-13H,5,14H2,1-4H3,(H,22,23). The van der Waals surface area contributed by atoms with Crippen LogP contribution in [0.4, 0.5) is 5.69 Å². The lowest BCUT2D eigenvalue weighted by Gasteiger charge is -2.19. The van der Waals surface area contributed by atoms with Gasteiger partial charge in [0.25, 0.3) is 5.91 Å². The summed E-state index contributed by atoms with van der Waals surface area (Å²) in [5.74, 6) is -0.250. The van der Waals surface area contributed by atoms with Crippen LogP contribution in [0.5, 0.6) is 5.75 Å². The van der Waals surface area contributed by atoms with Crippen molar-refractivity contribution in [3.63, 3.8) is 0 Å². The number of carbonyl (C=O) groups excluding carboxylic acids is 2. The maximum atomic E-state index is 12.0. The van der Waals surface area contributed by atoms with Gasteiger partial charge in [0, 0.05) is 5.69 Å². The molecule has 0 bridgehead atoms. The molecule has 26 heavy (non-hydrogen) atoms. The Hall–Kier alpha value is -2.82. The van der Waals surface area contributed by atoms with Gasteiger partial charge < -0.3 is 14.8 Å². The average molecular weight is 355 g/mol. The van der Waals surface area contributed by atoms with Gasteiger partial charge in [-0.15, -0.1) is 0 Å². The van der Waals surface area contributed by atoms with E-state index in [1.807, 2.05) is 31.2 Å². The van der Waals surface area contributed by atoms with Gasteiger partial charge in [-0.25, -0.2) is 4.79 Å². The Balaban J connectivity index is 1.85. The van der Waals surface area contributed by atoms with Crippen LogP contribution in [0.25, 0.3) is 0 Å². The quantitative estimate of drug-likeness (QED) is 0.790. The lowest BCUT2D eigenvalue weighted by molar-refractivity contribution is -0.119. The fourth-order valence-electron chi connectivity index (χ4n) is 2.32. The third-order valence-electron chi connectivity index (χ3n) is 3.77. The zero-order valence-electron chi connectivity index (χ0n) is 15.7. The first-order valence-electron chi connectivity index (χ1n) is 8.60. The molecule has 0 fully saturated rings. The molecule has 0 heterocycles. The predicted molar refractivity (Wildman–Crippen MR) is 102 cm³/mol. The van der Waals surface area contributed by atoms with Gasteiger partial charge >= 0.3 is 5.97 Å². The summed E-state index contributed by atoms with van der Waals surface area (Å²) in [4.78, 5) is 23.9. The Morgan fingerprint density at radius 1 is 0.962 bits per heavy atom. The number of carbonyl (C=O) groups is 2. The Morgan fingerprint density at radius 3 is 2.12 bits per heavy atom. The van der Waals surface area contributed by atoms with E-state index in [9.17, 15) is 9.59 Å². The molecule has 0 radical (unpaired) electrons. The third-order valence-corrected chi connectivity index (χ3v) is 3.77. The first kappa shape index (κ1) is 19.5. The molecule has 138 valence electrons. The van der Waals surface area contributed by atoms with Crippen LogP contribution in [0.3, 0.4) is 0 Å². The number of ether oxygens (including phenoxy) is 2. The fourth-order valence-corrected chi connectivity index (χ4v) is 2.32. The molecule has 2 aromatic carbocycles. The lowest BCUT2D eigenvalue weighted by atomic mass is 9.87. The van der Waals surface area contributed by atoms with Gasteiger partial charge in [-0.1, -0.05) is 32.9 Å². The van der Waals surface area contributed by atoms with Gasteiger partial charge in [-0.05, 0) is 54.3 Å². The van der Waals surface area contributed by atoms with E-state index in [1.54, 1.807) is 24.3 Å². The number of hydrogen-bond donors (Lipinski definition) is 1. The second-order valence-corrected chi connectivity index (χ2v) is 6.91. The summed E-state index contributed by atoms with van der Waals surface area (Å²) < 4.78 is 10.4. The molecule has 5 nitrogen and oxygen atoms in total. The zero-order chi connectivity index (χ0) is 19.2. The van der Waals surface area contributed by atoms with Crippen LogP contribution < -0.4 is 10.1 Å².